The summed E-state index contributed by atoms with van der Waals surface area (Å²) in [5.41, 5.74) is 0.0487. The Morgan fingerprint density at radius 3 is 2.65 bits per heavy atom. The molecule has 1 atom stereocenters. The van der Waals surface area contributed by atoms with Crippen molar-refractivity contribution in [2.45, 2.75) is 82.0 Å². The molecule has 2 heterocycles. The molecule has 132 valence electrons. The van der Waals surface area contributed by atoms with E-state index in [1.165, 1.54) is 19.3 Å². The zero-order valence-electron chi connectivity index (χ0n) is 14.2. The molecule has 3 rings (SSSR count). The van der Waals surface area contributed by atoms with Gasteiger partial charge in [-0.25, -0.2) is 0 Å². The lowest BCUT2D eigenvalue weighted by Crippen LogP contribution is -2.49. The van der Waals surface area contributed by atoms with E-state index in [1.807, 2.05) is 0 Å². The Kier molecular flexibility index (Phi) is 6.31. The number of nitrogens with one attached hydrogen (secondary N) is 1. The van der Waals surface area contributed by atoms with Crippen LogP contribution in [0.5, 0.6) is 0 Å². The first-order valence-corrected chi connectivity index (χ1v) is 9.38. The minimum absolute atomic E-state index is 0.0487. The highest BCUT2D eigenvalue weighted by molar-refractivity contribution is 5.76. The quantitative estimate of drug-likeness (QED) is 0.844. The van der Waals surface area contributed by atoms with Crippen LogP contribution in [0.2, 0.25) is 0 Å². The van der Waals surface area contributed by atoms with Crippen LogP contribution >= 0.6 is 0 Å². The first kappa shape index (κ1) is 17.2. The Labute approximate surface area is 139 Å². The third-order valence-electron chi connectivity index (χ3n) is 5.47. The second kappa shape index (κ2) is 8.45. The van der Waals surface area contributed by atoms with Crippen LogP contribution in [-0.2, 0) is 19.0 Å². The number of carbonyl (C=O) groups excluding carboxylic acids is 1. The molecule has 1 amide bonds. The van der Waals surface area contributed by atoms with Gasteiger partial charge in [0, 0.05) is 32.3 Å². The first-order chi connectivity index (χ1) is 11.3. The first-order valence-electron chi connectivity index (χ1n) is 9.38. The SMILES string of the molecule is O=C(CCOC1CCOCC1)N[C@@H]1CCOC2(CCCCC2)C1. The van der Waals surface area contributed by atoms with E-state index in [9.17, 15) is 4.79 Å². The number of carbonyl (C=O) groups is 1. The van der Waals surface area contributed by atoms with Crippen LogP contribution in [-0.4, -0.2) is 50.1 Å². The molecular weight excluding hydrogens is 294 g/mol. The molecule has 3 fully saturated rings. The topological polar surface area (TPSA) is 56.8 Å². The molecular formula is C18H31NO4. The van der Waals surface area contributed by atoms with Crippen LogP contribution in [0.3, 0.4) is 0 Å². The van der Waals surface area contributed by atoms with Crippen molar-refractivity contribution < 1.29 is 19.0 Å². The lowest BCUT2D eigenvalue weighted by atomic mass is 9.78. The van der Waals surface area contributed by atoms with Crippen molar-refractivity contribution in [2.75, 3.05) is 26.4 Å². The predicted molar refractivity (Wildman–Crippen MR) is 87.3 cm³/mol. The molecule has 1 N–H and O–H groups in total. The van der Waals surface area contributed by atoms with Crippen LogP contribution in [0.1, 0.15) is 64.2 Å². The van der Waals surface area contributed by atoms with Crippen LogP contribution in [0.4, 0.5) is 0 Å². The Morgan fingerprint density at radius 1 is 1.09 bits per heavy atom. The molecule has 5 nitrogen and oxygen atoms in total. The zero-order valence-corrected chi connectivity index (χ0v) is 14.2. The average molecular weight is 325 g/mol. The molecule has 0 bridgehead atoms. The van der Waals surface area contributed by atoms with E-state index in [0.29, 0.717) is 13.0 Å². The summed E-state index contributed by atoms with van der Waals surface area (Å²) in [5.74, 6) is 0.120. The summed E-state index contributed by atoms with van der Waals surface area (Å²) in [5, 5.41) is 3.20. The van der Waals surface area contributed by atoms with Crippen LogP contribution in [0, 0.1) is 0 Å². The van der Waals surface area contributed by atoms with Crippen molar-refractivity contribution in [3.05, 3.63) is 0 Å². The lowest BCUT2D eigenvalue weighted by molar-refractivity contribution is -0.130. The molecule has 2 aliphatic heterocycles. The van der Waals surface area contributed by atoms with E-state index < -0.39 is 0 Å². The standard InChI is InChI=1S/C18H31NO4/c20-17(7-12-22-16-5-10-21-11-6-16)19-15-4-13-23-18(14-15)8-2-1-3-9-18/h15-16H,1-14H2,(H,19,20)/t15-/m1/s1. The fourth-order valence-corrected chi connectivity index (χ4v) is 4.16. The summed E-state index contributed by atoms with van der Waals surface area (Å²) in [6, 6.07) is 0.275. The highest BCUT2D eigenvalue weighted by Gasteiger charge is 2.38. The molecule has 0 unspecified atom stereocenters. The highest BCUT2D eigenvalue weighted by Crippen LogP contribution is 2.38. The fourth-order valence-electron chi connectivity index (χ4n) is 4.16. The van der Waals surface area contributed by atoms with E-state index in [-0.39, 0.29) is 23.7 Å². The summed E-state index contributed by atoms with van der Waals surface area (Å²) < 4.78 is 17.2. The van der Waals surface area contributed by atoms with Gasteiger partial charge < -0.3 is 19.5 Å². The van der Waals surface area contributed by atoms with E-state index in [4.69, 9.17) is 14.2 Å². The molecule has 1 spiro atoms. The van der Waals surface area contributed by atoms with Crippen molar-refractivity contribution in [1.29, 1.82) is 0 Å². The van der Waals surface area contributed by atoms with Crippen molar-refractivity contribution in [1.82, 2.24) is 5.32 Å². The van der Waals surface area contributed by atoms with Gasteiger partial charge in [0.1, 0.15) is 0 Å². The second-order valence-electron chi connectivity index (χ2n) is 7.28. The summed E-state index contributed by atoms with van der Waals surface area (Å²) in [4.78, 5) is 12.2. The monoisotopic (exact) mass is 325 g/mol. The van der Waals surface area contributed by atoms with Crippen LogP contribution < -0.4 is 5.32 Å². The van der Waals surface area contributed by atoms with Gasteiger partial charge in [-0.05, 0) is 38.5 Å². The largest absolute Gasteiger partial charge is 0.381 e. The summed E-state index contributed by atoms with van der Waals surface area (Å²) in [7, 11) is 0. The fraction of sp³-hybridized carbons (Fsp3) is 0.944. The molecule has 1 saturated carbocycles. The third kappa shape index (κ3) is 5.16. The summed E-state index contributed by atoms with van der Waals surface area (Å²) in [6.45, 7) is 2.86. The van der Waals surface area contributed by atoms with Crippen molar-refractivity contribution in [2.24, 2.45) is 0 Å². The highest BCUT2D eigenvalue weighted by atomic mass is 16.5. The van der Waals surface area contributed by atoms with E-state index in [1.54, 1.807) is 0 Å². The Bertz CT molecular complexity index is 370. The van der Waals surface area contributed by atoms with E-state index >= 15 is 0 Å². The maximum atomic E-state index is 12.2. The normalized spacial score (nSPS) is 28.6. The van der Waals surface area contributed by atoms with E-state index in [0.717, 1.165) is 58.3 Å². The smallest absolute Gasteiger partial charge is 0.222 e. The van der Waals surface area contributed by atoms with Crippen molar-refractivity contribution in [3.8, 4) is 0 Å². The van der Waals surface area contributed by atoms with Crippen LogP contribution in [0.15, 0.2) is 0 Å². The molecule has 5 heteroatoms. The summed E-state index contributed by atoms with van der Waals surface area (Å²) in [6.07, 6.45) is 10.7. The second-order valence-corrected chi connectivity index (χ2v) is 7.28. The van der Waals surface area contributed by atoms with Crippen molar-refractivity contribution in [3.63, 3.8) is 0 Å². The van der Waals surface area contributed by atoms with Gasteiger partial charge in [-0.3, -0.25) is 4.79 Å². The molecule has 3 aliphatic rings. The molecule has 0 aromatic carbocycles. The van der Waals surface area contributed by atoms with E-state index in [2.05, 4.69) is 5.32 Å². The Morgan fingerprint density at radius 2 is 1.87 bits per heavy atom. The van der Waals surface area contributed by atoms with Crippen LogP contribution in [0.25, 0.3) is 0 Å². The molecule has 2 saturated heterocycles. The molecule has 0 radical (unpaired) electrons. The predicted octanol–water partition coefficient (Wildman–Crippen LogP) is 2.57. The molecule has 1 aliphatic carbocycles. The van der Waals surface area contributed by atoms with Gasteiger partial charge in [0.25, 0.3) is 0 Å². The Hall–Kier alpha value is -0.650. The van der Waals surface area contributed by atoms with Gasteiger partial charge in [0.2, 0.25) is 5.91 Å². The van der Waals surface area contributed by atoms with Crippen molar-refractivity contribution >= 4 is 5.91 Å². The minimum atomic E-state index is 0.0487. The summed E-state index contributed by atoms with van der Waals surface area (Å²) >= 11 is 0. The Balaban J connectivity index is 1.35. The zero-order chi connectivity index (χ0) is 16.0. The number of hydrogen-bond donors (Lipinski definition) is 1. The number of rotatable bonds is 5. The lowest BCUT2D eigenvalue weighted by Gasteiger charge is -2.43. The maximum Gasteiger partial charge on any atom is 0.222 e. The molecule has 0 aromatic heterocycles. The average Bonchev–Trinajstić information content (AvgIpc) is 2.56. The van der Waals surface area contributed by atoms with Gasteiger partial charge in [-0.1, -0.05) is 19.3 Å². The van der Waals surface area contributed by atoms with Gasteiger partial charge in [0.05, 0.1) is 18.3 Å². The number of ether oxygens (including phenoxy) is 3. The molecule has 0 aromatic rings. The minimum Gasteiger partial charge on any atom is -0.381 e. The van der Waals surface area contributed by atoms with Gasteiger partial charge >= 0.3 is 0 Å². The number of hydrogen-bond acceptors (Lipinski definition) is 4. The van der Waals surface area contributed by atoms with Gasteiger partial charge in [-0.15, -0.1) is 0 Å². The number of amides is 1. The maximum absolute atomic E-state index is 12.2. The third-order valence-corrected chi connectivity index (χ3v) is 5.47. The van der Waals surface area contributed by atoms with Gasteiger partial charge in [-0.2, -0.15) is 0 Å². The molecule has 23 heavy (non-hydrogen) atoms. The van der Waals surface area contributed by atoms with Gasteiger partial charge in [0.15, 0.2) is 0 Å².